The molecule has 6 aliphatic rings. The summed E-state index contributed by atoms with van der Waals surface area (Å²) in [6.07, 6.45) is 5.32. The summed E-state index contributed by atoms with van der Waals surface area (Å²) in [5.74, 6) is -1.07. The Morgan fingerprint density at radius 1 is 1.09 bits per heavy atom. The van der Waals surface area contributed by atoms with Crippen molar-refractivity contribution in [3.05, 3.63) is 58.2 Å². The van der Waals surface area contributed by atoms with E-state index < -0.39 is 35.6 Å². The van der Waals surface area contributed by atoms with Crippen LogP contribution in [0.5, 0.6) is 0 Å². The molecule has 2 N–H and O–H groups in total. The first-order chi connectivity index (χ1) is 32.4. The molecular formula is C50H65N7O9S. The van der Waals surface area contributed by atoms with Crippen molar-refractivity contribution in [1.29, 1.82) is 0 Å². The molecule has 67 heavy (non-hydrogen) atoms. The molecule has 4 aromatic rings. The summed E-state index contributed by atoms with van der Waals surface area (Å²) in [5.41, 5.74) is 9.37. The zero-order valence-corrected chi connectivity index (χ0v) is 40.2. The van der Waals surface area contributed by atoms with Gasteiger partial charge in [-0.1, -0.05) is 26.8 Å². The lowest BCUT2D eigenvalue weighted by Gasteiger charge is -2.52. The highest BCUT2D eigenvalue weighted by atomic mass is 32.1. The lowest BCUT2D eigenvalue weighted by molar-refractivity contribution is -0.164. The summed E-state index contributed by atoms with van der Waals surface area (Å²) in [7, 11) is 1.70. The molecule has 6 aliphatic heterocycles. The maximum atomic E-state index is 15.1. The molecule has 0 radical (unpaired) electrons. The number of likely N-dealkylation sites (tertiary alicyclic amines) is 1. The van der Waals surface area contributed by atoms with Gasteiger partial charge in [0.1, 0.15) is 23.2 Å². The van der Waals surface area contributed by atoms with E-state index >= 15 is 4.79 Å². The van der Waals surface area contributed by atoms with E-state index in [1.165, 1.54) is 16.3 Å². The number of carbonyl (C=O) groups is 3. The van der Waals surface area contributed by atoms with Crippen LogP contribution in [0.2, 0.25) is 0 Å². The van der Waals surface area contributed by atoms with E-state index in [9.17, 15) is 9.59 Å². The molecule has 17 heteroatoms. The standard InChI is InChI=1S/C50H65N7O9S/c1-30-24-65-44(30)45(58)53-41-43(55-26-50(27-55)14-20-63-29-50)46-52-38(25-67-46)32-10-11-39-35(22-32)36(23-49(3,4)28-66-48(60)37-9-7-16-57(54-37)47(41)59)42(34-8-6-15-51-40(34)31(2)61-5)56(39)17-21-64-33-12-18-62-19-13-33/h6,8,10-11,15,22,25,30-31,33,37,41,43-44,54H,7,9,12-14,16-21,23-24,26-29H2,1-5H3,(H,53,58)/t30-,31-,37-,41-,43-,44+/m0/s1. The maximum absolute atomic E-state index is 15.1. The van der Waals surface area contributed by atoms with Crippen molar-refractivity contribution in [2.45, 2.75) is 109 Å². The number of carbonyl (C=O) groups excluding carboxylic acids is 3. The molecule has 6 bridgehead atoms. The van der Waals surface area contributed by atoms with Gasteiger partial charge in [0.05, 0.1) is 61.8 Å². The van der Waals surface area contributed by atoms with Gasteiger partial charge in [-0.25, -0.2) is 10.4 Å². The minimum Gasteiger partial charge on any atom is -0.464 e. The van der Waals surface area contributed by atoms with Crippen LogP contribution in [0, 0.1) is 16.7 Å². The van der Waals surface area contributed by atoms with E-state index in [-0.39, 0.29) is 42.0 Å². The molecule has 0 unspecified atom stereocenters. The van der Waals surface area contributed by atoms with Gasteiger partial charge in [-0.2, -0.15) is 0 Å². The van der Waals surface area contributed by atoms with Crippen LogP contribution in [0.15, 0.2) is 41.9 Å². The number of aromatic nitrogens is 3. The Morgan fingerprint density at radius 3 is 2.67 bits per heavy atom. The number of hydrogen-bond donors (Lipinski definition) is 2. The van der Waals surface area contributed by atoms with Crippen molar-refractivity contribution in [3.8, 4) is 22.5 Å². The number of fused-ring (bicyclic) bond motifs is 6. The smallest absolute Gasteiger partial charge is 0.324 e. The quantitative estimate of drug-likeness (QED) is 0.188. The molecule has 0 aliphatic carbocycles. The number of pyridine rings is 1. The van der Waals surface area contributed by atoms with Crippen LogP contribution >= 0.6 is 11.3 Å². The van der Waals surface area contributed by atoms with Crippen LogP contribution in [0.3, 0.4) is 0 Å². The highest BCUT2D eigenvalue weighted by Crippen LogP contribution is 2.46. The van der Waals surface area contributed by atoms with E-state index in [1.807, 2.05) is 26.1 Å². The van der Waals surface area contributed by atoms with Gasteiger partial charge < -0.3 is 38.3 Å². The number of methoxy groups -OCH3 is 1. The number of thiazole rings is 1. The van der Waals surface area contributed by atoms with Gasteiger partial charge in [-0.05, 0) is 75.3 Å². The second-order valence-electron chi connectivity index (χ2n) is 20.4. The average molecular weight is 940 g/mol. The summed E-state index contributed by atoms with van der Waals surface area (Å²) in [6, 6.07) is 8.25. The Hall–Kier alpha value is -4.33. The Bertz CT molecular complexity index is 2450. The lowest BCUT2D eigenvalue weighted by Crippen LogP contribution is -2.67. The first-order valence-corrected chi connectivity index (χ1v) is 25.1. The van der Waals surface area contributed by atoms with Crippen LogP contribution in [0.25, 0.3) is 33.4 Å². The second-order valence-corrected chi connectivity index (χ2v) is 21.3. The average Bonchev–Trinajstić information content (AvgIpc) is 4.09. The minimum absolute atomic E-state index is 0.0152. The molecule has 1 spiro atoms. The SMILES string of the molecule is CO[C@@H](C)c1ncccc1-c1c2c3cc(ccc3n1CCOC1CCOCC1)-c1csc(n1)[C@@H](N1CC3(CCOC3)C1)[C@H](NC(=O)[C@@H]1OC[C@@H]1C)C(=O)N1CCC[C@H](N1)C(=O)OCC(C)(C)C2. The summed E-state index contributed by atoms with van der Waals surface area (Å²) >= 11 is 1.50. The lowest BCUT2D eigenvalue weighted by atomic mass is 9.77. The fourth-order valence-corrected chi connectivity index (χ4v) is 11.9. The number of hydrazine groups is 1. The molecule has 6 atom stereocenters. The zero-order valence-electron chi connectivity index (χ0n) is 39.4. The summed E-state index contributed by atoms with van der Waals surface area (Å²) in [5, 5.41) is 8.53. The Balaban J connectivity index is 1.12. The number of ether oxygens (including phenoxy) is 6. The number of nitrogens with zero attached hydrogens (tertiary/aromatic N) is 5. The molecule has 0 saturated carbocycles. The third-order valence-corrected chi connectivity index (χ3v) is 15.7. The van der Waals surface area contributed by atoms with Crippen LogP contribution in [-0.2, 0) is 55.8 Å². The molecule has 2 amide bonds. The number of esters is 1. The highest BCUT2D eigenvalue weighted by molar-refractivity contribution is 7.10. The summed E-state index contributed by atoms with van der Waals surface area (Å²) < 4.78 is 38.3. The molecule has 360 valence electrons. The van der Waals surface area contributed by atoms with Gasteiger partial charge in [-0.15, -0.1) is 11.3 Å². The van der Waals surface area contributed by atoms with Crippen molar-refractivity contribution in [1.82, 2.24) is 35.2 Å². The van der Waals surface area contributed by atoms with Crippen molar-refractivity contribution < 1.29 is 42.8 Å². The van der Waals surface area contributed by atoms with Gasteiger partial charge >= 0.3 is 5.97 Å². The normalized spacial score (nSPS) is 27.3. The number of benzene rings is 1. The fourth-order valence-electron chi connectivity index (χ4n) is 10.9. The van der Waals surface area contributed by atoms with Gasteiger partial charge in [-0.3, -0.25) is 29.3 Å². The van der Waals surface area contributed by atoms with Gasteiger partial charge in [0.25, 0.3) is 5.91 Å². The number of amides is 2. The Labute approximate surface area is 396 Å². The number of hydrogen-bond acceptors (Lipinski definition) is 14. The number of rotatable bonds is 10. The molecule has 5 fully saturated rings. The fraction of sp³-hybridized carbons (Fsp3) is 0.620. The minimum atomic E-state index is -1.03. The summed E-state index contributed by atoms with van der Waals surface area (Å²) in [6.45, 7) is 14.5. The van der Waals surface area contributed by atoms with E-state index in [0.29, 0.717) is 85.1 Å². The third kappa shape index (κ3) is 9.30. The van der Waals surface area contributed by atoms with Crippen LogP contribution in [0.4, 0.5) is 0 Å². The third-order valence-electron chi connectivity index (χ3n) is 14.8. The van der Waals surface area contributed by atoms with Gasteiger partial charge in [0, 0.05) is 103 Å². The predicted molar refractivity (Wildman–Crippen MR) is 251 cm³/mol. The highest BCUT2D eigenvalue weighted by Gasteiger charge is 2.53. The Morgan fingerprint density at radius 2 is 1.93 bits per heavy atom. The van der Waals surface area contributed by atoms with Crippen molar-refractivity contribution >= 4 is 40.0 Å². The molecule has 5 saturated heterocycles. The first-order valence-electron chi connectivity index (χ1n) is 24.2. The number of cyclic esters (lactones) is 1. The van der Waals surface area contributed by atoms with Crippen LogP contribution < -0.4 is 10.7 Å². The van der Waals surface area contributed by atoms with Crippen LogP contribution in [0.1, 0.15) is 88.2 Å². The number of nitrogens with one attached hydrogen (secondary N) is 2. The zero-order chi connectivity index (χ0) is 46.5. The van der Waals surface area contributed by atoms with E-state index in [2.05, 4.69) is 63.7 Å². The van der Waals surface area contributed by atoms with E-state index in [0.717, 1.165) is 68.9 Å². The molecule has 9 heterocycles. The van der Waals surface area contributed by atoms with E-state index in [1.54, 1.807) is 7.11 Å². The predicted octanol–water partition coefficient (Wildman–Crippen LogP) is 5.63. The van der Waals surface area contributed by atoms with Crippen LogP contribution in [-0.4, -0.2) is 140 Å². The van der Waals surface area contributed by atoms with Crippen molar-refractivity contribution in [2.24, 2.45) is 16.7 Å². The molecule has 10 rings (SSSR count). The largest absolute Gasteiger partial charge is 0.464 e. The molecular weight excluding hydrogens is 875 g/mol. The molecule has 16 nitrogen and oxygen atoms in total. The summed E-state index contributed by atoms with van der Waals surface area (Å²) in [4.78, 5) is 55.8. The van der Waals surface area contributed by atoms with Crippen molar-refractivity contribution in [3.63, 3.8) is 0 Å². The van der Waals surface area contributed by atoms with Gasteiger partial charge in [0.15, 0.2) is 0 Å². The topological polar surface area (TPSA) is 168 Å². The molecule has 1 aromatic carbocycles. The van der Waals surface area contributed by atoms with Crippen molar-refractivity contribution in [2.75, 3.05) is 73.0 Å². The monoisotopic (exact) mass is 939 g/mol. The van der Waals surface area contributed by atoms with Gasteiger partial charge in [0.2, 0.25) is 5.91 Å². The Kier molecular flexibility index (Phi) is 13.3. The molecule has 3 aromatic heterocycles. The second kappa shape index (κ2) is 19.2. The first kappa shape index (κ1) is 46.4. The maximum Gasteiger partial charge on any atom is 0.324 e. The van der Waals surface area contributed by atoms with E-state index in [4.69, 9.17) is 38.4 Å².